The Labute approximate surface area is 150 Å². The van der Waals surface area contributed by atoms with E-state index in [0.29, 0.717) is 0 Å². The summed E-state index contributed by atoms with van der Waals surface area (Å²) in [7, 11) is -0.435. The highest BCUT2D eigenvalue weighted by atomic mass is 28.3. The second-order valence-electron chi connectivity index (χ2n) is 7.53. The first-order chi connectivity index (χ1) is 11.9. The van der Waals surface area contributed by atoms with Crippen LogP contribution in [0, 0.1) is 0 Å². The first-order valence-electron chi connectivity index (χ1n) is 8.52. The monoisotopic (exact) mass is 352 g/mol. The molecule has 1 aliphatic rings. The number of carbonyl (C=O) groups excluding carboxylic acids is 1. The fourth-order valence-corrected chi connectivity index (χ4v) is 6.73. The topological polar surface area (TPSA) is 51.0 Å². The molecule has 0 spiro atoms. The number of esters is 1. The van der Waals surface area contributed by atoms with Crippen LogP contribution in [0.4, 0.5) is 0 Å². The molecular weight excluding hydrogens is 328 g/mol. The first kappa shape index (κ1) is 17.5. The van der Waals surface area contributed by atoms with Gasteiger partial charge in [0.1, 0.15) is 5.54 Å². The van der Waals surface area contributed by atoms with Gasteiger partial charge in [0.25, 0.3) is 0 Å². The fraction of sp³-hybridized carbons (Fsp3) is 0.350. The fourth-order valence-electron chi connectivity index (χ4n) is 3.94. The normalized spacial score (nSPS) is 21.9. The SMILES string of the molecule is COC(=O)[C@@H]1N=NC(c2ccccc2)(c2ccccc2)[C@H]1[Si](C)(C)C. The molecule has 0 amide bonds. The molecule has 0 aliphatic carbocycles. The molecule has 130 valence electrons. The summed E-state index contributed by atoms with van der Waals surface area (Å²) in [5, 5.41) is 9.21. The number of carbonyl (C=O) groups is 1. The van der Waals surface area contributed by atoms with Gasteiger partial charge in [0, 0.05) is 5.54 Å². The van der Waals surface area contributed by atoms with Gasteiger partial charge in [0.05, 0.1) is 15.2 Å². The van der Waals surface area contributed by atoms with Crippen molar-refractivity contribution in [1.82, 2.24) is 0 Å². The minimum absolute atomic E-state index is 0.0164. The lowest BCUT2D eigenvalue weighted by molar-refractivity contribution is -0.142. The maximum Gasteiger partial charge on any atom is 0.332 e. The van der Waals surface area contributed by atoms with Crippen LogP contribution in [0.15, 0.2) is 70.9 Å². The molecule has 1 heterocycles. The van der Waals surface area contributed by atoms with E-state index in [-0.39, 0.29) is 11.5 Å². The van der Waals surface area contributed by atoms with Gasteiger partial charge in [0.15, 0.2) is 6.04 Å². The molecule has 0 saturated heterocycles. The van der Waals surface area contributed by atoms with Crippen LogP contribution in [0.5, 0.6) is 0 Å². The van der Waals surface area contributed by atoms with Crippen LogP contribution in [0.2, 0.25) is 25.2 Å². The van der Waals surface area contributed by atoms with Crippen LogP contribution < -0.4 is 0 Å². The molecule has 2 atom stereocenters. The van der Waals surface area contributed by atoms with Gasteiger partial charge in [-0.2, -0.15) is 10.2 Å². The highest BCUT2D eigenvalue weighted by Crippen LogP contribution is 2.55. The van der Waals surface area contributed by atoms with Crippen molar-refractivity contribution in [3.05, 3.63) is 71.8 Å². The molecule has 0 fully saturated rings. The largest absolute Gasteiger partial charge is 0.467 e. The molecule has 2 aromatic carbocycles. The van der Waals surface area contributed by atoms with Crippen molar-refractivity contribution in [2.45, 2.75) is 36.8 Å². The van der Waals surface area contributed by atoms with E-state index in [9.17, 15) is 4.79 Å². The summed E-state index contributed by atoms with van der Waals surface area (Å²) < 4.78 is 5.05. The number of nitrogens with zero attached hydrogens (tertiary/aromatic N) is 2. The minimum Gasteiger partial charge on any atom is -0.467 e. The Bertz CT molecular complexity index is 730. The number of methoxy groups -OCH3 is 1. The van der Waals surface area contributed by atoms with Crippen molar-refractivity contribution >= 4 is 14.0 Å². The summed E-state index contributed by atoms with van der Waals surface area (Å²) in [4.78, 5) is 12.5. The zero-order chi connectivity index (χ0) is 18.1. The highest BCUT2D eigenvalue weighted by Gasteiger charge is 2.58. The summed E-state index contributed by atoms with van der Waals surface area (Å²) in [6, 6.07) is 19.8. The van der Waals surface area contributed by atoms with Crippen LogP contribution in [-0.4, -0.2) is 27.2 Å². The van der Waals surface area contributed by atoms with E-state index < -0.39 is 19.7 Å². The lowest BCUT2D eigenvalue weighted by Gasteiger charge is -2.41. The summed E-state index contributed by atoms with van der Waals surface area (Å²) >= 11 is 0. The molecule has 1 aliphatic heterocycles. The number of ether oxygens (including phenoxy) is 1. The number of hydrogen-bond donors (Lipinski definition) is 0. The maximum atomic E-state index is 12.5. The Morgan fingerprint density at radius 2 is 1.44 bits per heavy atom. The Balaban J connectivity index is 2.27. The van der Waals surface area contributed by atoms with Crippen molar-refractivity contribution in [3.8, 4) is 0 Å². The second-order valence-corrected chi connectivity index (χ2v) is 12.9. The predicted molar refractivity (Wildman–Crippen MR) is 101 cm³/mol. The molecule has 0 saturated carbocycles. The highest BCUT2D eigenvalue weighted by molar-refractivity contribution is 6.78. The molecule has 3 rings (SSSR count). The van der Waals surface area contributed by atoms with Gasteiger partial charge >= 0.3 is 5.97 Å². The molecule has 0 aromatic heterocycles. The Morgan fingerprint density at radius 3 is 1.84 bits per heavy atom. The molecule has 2 aromatic rings. The third-order valence-electron chi connectivity index (χ3n) is 4.91. The second kappa shape index (κ2) is 6.56. The smallest absolute Gasteiger partial charge is 0.332 e. The van der Waals surface area contributed by atoms with Gasteiger partial charge < -0.3 is 4.74 Å². The number of benzene rings is 2. The summed E-state index contributed by atoms with van der Waals surface area (Å²) in [5.74, 6) is -0.301. The van der Waals surface area contributed by atoms with E-state index in [1.807, 2.05) is 36.4 Å². The van der Waals surface area contributed by atoms with Crippen LogP contribution in [0.3, 0.4) is 0 Å². The lowest BCUT2D eigenvalue weighted by Crippen LogP contribution is -2.48. The Morgan fingerprint density at radius 1 is 0.960 bits per heavy atom. The average molecular weight is 353 g/mol. The molecular formula is C20H24N2O2Si. The van der Waals surface area contributed by atoms with Crippen molar-refractivity contribution in [1.29, 1.82) is 0 Å². The molecule has 0 unspecified atom stereocenters. The summed E-state index contributed by atoms with van der Waals surface area (Å²) in [5.41, 5.74) is 1.48. The van der Waals surface area contributed by atoms with Crippen LogP contribution in [0.25, 0.3) is 0 Å². The van der Waals surface area contributed by atoms with Gasteiger partial charge in [-0.05, 0) is 11.1 Å². The Kier molecular flexibility index (Phi) is 4.60. The predicted octanol–water partition coefficient (Wildman–Crippen LogP) is 4.65. The van der Waals surface area contributed by atoms with E-state index >= 15 is 0 Å². The number of hydrogen-bond acceptors (Lipinski definition) is 4. The quantitative estimate of drug-likeness (QED) is 0.594. The average Bonchev–Trinajstić information content (AvgIpc) is 3.04. The van der Waals surface area contributed by atoms with E-state index in [2.05, 4.69) is 49.0 Å². The van der Waals surface area contributed by atoms with Gasteiger partial charge in [-0.25, -0.2) is 4.79 Å². The van der Waals surface area contributed by atoms with Crippen LogP contribution >= 0.6 is 0 Å². The van der Waals surface area contributed by atoms with Gasteiger partial charge in [-0.15, -0.1) is 0 Å². The first-order valence-corrected chi connectivity index (χ1v) is 12.1. The minimum atomic E-state index is -1.86. The van der Waals surface area contributed by atoms with Crippen molar-refractivity contribution in [2.24, 2.45) is 10.2 Å². The maximum absolute atomic E-state index is 12.5. The summed E-state index contributed by atoms with van der Waals surface area (Å²) in [6.07, 6.45) is 0. The standard InChI is InChI=1S/C20H24N2O2Si/c1-24-19(23)17-18(25(2,3)4)20(22-21-17,15-11-7-5-8-12-15)16-13-9-6-10-14-16/h5-14,17-18H,1-4H3/t17-,18+/m1/s1. The molecule has 0 radical (unpaired) electrons. The molecule has 0 N–H and O–H groups in total. The van der Waals surface area contributed by atoms with Crippen molar-refractivity contribution < 1.29 is 9.53 Å². The van der Waals surface area contributed by atoms with Gasteiger partial charge in [0.2, 0.25) is 0 Å². The lowest BCUT2D eigenvalue weighted by atomic mass is 9.79. The van der Waals surface area contributed by atoms with Crippen LogP contribution in [0.1, 0.15) is 11.1 Å². The number of azo groups is 1. The van der Waals surface area contributed by atoms with Crippen molar-refractivity contribution in [2.75, 3.05) is 7.11 Å². The molecule has 25 heavy (non-hydrogen) atoms. The van der Waals surface area contributed by atoms with Gasteiger partial charge in [-0.1, -0.05) is 80.3 Å². The molecule has 5 heteroatoms. The third-order valence-corrected chi connectivity index (χ3v) is 7.51. The van der Waals surface area contributed by atoms with E-state index in [0.717, 1.165) is 11.1 Å². The van der Waals surface area contributed by atoms with E-state index in [1.54, 1.807) is 0 Å². The third kappa shape index (κ3) is 2.93. The van der Waals surface area contributed by atoms with Gasteiger partial charge in [-0.3, -0.25) is 0 Å². The Hall–Kier alpha value is -2.27. The van der Waals surface area contributed by atoms with Crippen molar-refractivity contribution in [3.63, 3.8) is 0 Å². The van der Waals surface area contributed by atoms with E-state index in [4.69, 9.17) is 9.85 Å². The molecule has 0 bridgehead atoms. The zero-order valence-corrected chi connectivity index (χ0v) is 16.1. The van der Waals surface area contributed by atoms with Crippen LogP contribution in [-0.2, 0) is 15.1 Å². The zero-order valence-electron chi connectivity index (χ0n) is 15.1. The summed E-state index contributed by atoms with van der Waals surface area (Å²) in [6.45, 7) is 6.81. The van der Waals surface area contributed by atoms with E-state index in [1.165, 1.54) is 7.11 Å². The number of rotatable bonds is 4. The molecule has 4 nitrogen and oxygen atoms in total.